The molecular formula is C20H19ClN2O2. The zero-order valence-electron chi connectivity index (χ0n) is 13.9. The van der Waals surface area contributed by atoms with Gasteiger partial charge in [-0.15, -0.1) is 0 Å². The van der Waals surface area contributed by atoms with E-state index in [1.807, 2.05) is 37.3 Å². The van der Waals surface area contributed by atoms with Crippen LogP contribution in [0.3, 0.4) is 0 Å². The van der Waals surface area contributed by atoms with Gasteiger partial charge in [0.15, 0.2) is 0 Å². The Balaban J connectivity index is 1.80. The lowest BCUT2D eigenvalue weighted by Gasteiger charge is -2.13. The third-order valence-corrected chi connectivity index (χ3v) is 3.87. The minimum absolute atomic E-state index is 0.447. The maximum absolute atomic E-state index is 6.04. The number of nitrogens with two attached hydrogens (primary N) is 1. The largest absolute Gasteiger partial charge is 0.473 e. The van der Waals surface area contributed by atoms with Crippen LogP contribution in [-0.4, -0.2) is 4.98 Å². The Bertz CT molecular complexity index is 833. The molecule has 1 heterocycles. The molecule has 3 aromatic rings. The number of nitrogen functional groups attached to an aromatic ring is 1. The molecule has 2 N–H and O–H groups in total. The molecule has 0 radical (unpaired) electrons. The van der Waals surface area contributed by atoms with Gasteiger partial charge in [-0.3, -0.25) is 0 Å². The first kappa shape index (κ1) is 17.1. The van der Waals surface area contributed by atoms with Crippen LogP contribution in [0.5, 0.6) is 17.4 Å². The van der Waals surface area contributed by atoms with Crippen molar-refractivity contribution in [3.63, 3.8) is 0 Å². The molecule has 1 aromatic heterocycles. The number of ether oxygens (including phenoxy) is 2. The maximum Gasteiger partial charge on any atom is 0.217 e. The van der Waals surface area contributed by atoms with Crippen LogP contribution in [0.4, 0.5) is 5.69 Å². The van der Waals surface area contributed by atoms with E-state index in [1.54, 1.807) is 30.5 Å². The van der Waals surface area contributed by atoms with Crippen molar-refractivity contribution >= 4 is 17.3 Å². The van der Waals surface area contributed by atoms with Crippen LogP contribution in [0.15, 0.2) is 60.8 Å². The van der Waals surface area contributed by atoms with Gasteiger partial charge in [-0.2, -0.15) is 0 Å². The number of aryl methyl sites for hydroxylation is 1. The van der Waals surface area contributed by atoms with E-state index < -0.39 is 0 Å². The summed E-state index contributed by atoms with van der Waals surface area (Å²) in [4.78, 5) is 4.35. The van der Waals surface area contributed by atoms with E-state index in [1.165, 1.54) is 0 Å². The molecule has 0 bridgehead atoms. The molecule has 25 heavy (non-hydrogen) atoms. The molecule has 128 valence electrons. The second kappa shape index (κ2) is 7.90. The fourth-order valence-electron chi connectivity index (χ4n) is 2.39. The molecule has 0 unspecified atom stereocenters. The van der Waals surface area contributed by atoms with Crippen LogP contribution in [0.25, 0.3) is 0 Å². The summed E-state index contributed by atoms with van der Waals surface area (Å²) in [5.41, 5.74) is 8.43. The van der Waals surface area contributed by atoms with Gasteiger partial charge in [-0.05, 0) is 24.1 Å². The smallest absolute Gasteiger partial charge is 0.217 e. The Morgan fingerprint density at radius 3 is 2.60 bits per heavy atom. The second-order valence-corrected chi connectivity index (χ2v) is 6.02. The van der Waals surface area contributed by atoms with Crippen LogP contribution in [0, 0.1) is 0 Å². The quantitative estimate of drug-likeness (QED) is 0.614. The van der Waals surface area contributed by atoms with Gasteiger partial charge >= 0.3 is 0 Å². The Kier molecular flexibility index (Phi) is 5.41. The highest BCUT2D eigenvalue weighted by atomic mass is 35.5. The van der Waals surface area contributed by atoms with Crippen LogP contribution < -0.4 is 15.2 Å². The van der Waals surface area contributed by atoms with Crippen LogP contribution in [-0.2, 0) is 13.0 Å². The lowest BCUT2D eigenvalue weighted by molar-refractivity contribution is 0.292. The summed E-state index contributed by atoms with van der Waals surface area (Å²) >= 11 is 6.04. The van der Waals surface area contributed by atoms with Crippen LogP contribution in [0.2, 0.25) is 5.02 Å². The minimum atomic E-state index is 0.447. The van der Waals surface area contributed by atoms with Crippen molar-refractivity contribution in [2.24, 2.45) is 0 Å². The molecule has 5 heteroatoms. The molecule has 0 saturated heterocycles. The molecule has 0 aliphatic rings. The van der Waals surface area contributed by atoms with Crippen molar-refractivity contribution in [3.05, 3.63) is 76.9 Å². The average Bonchev–Trinajstić information content (AvgIpc) is 2.60. The van der Waals surface area contributed by atoms with E-state index in [9.17, 15) is 0 Å². The topological polar surface area (TPSA) is 57.4 Å². The van der Waals surface area contributed by atoms with Gasteiger partial charge in [0.2, 0.25) is 5.88 Å². The van der Waals surface area contributed by atoms with E-state index >= 15 is 0 Å². The number of hydrogen-bond acceptors (Lipinski definition) is 4. The summed E-state index contributed by atoms with van der Waals surface area (Å²) in [6.45, 7) is 2.49. The molecule has 4 nitrogen and oxygen atoms in total. The molecule has 0 atom stereocenters. The minimum Gasteiger partial charge on any atom is -0.473 e. The summed E-state index contributed by atoms with van der Waals surface area (Å²) < 4.78 is 11.7. The molecule has 0 aliphatic carbocycles. The molecule has 0 saturated carbocycles. The average molecular weight is 355 g/mol. The van der Waals surface area contributed by atoms with Crippen LogP contribution in [0.1, 0.15) is 18.1 Å². The first-order valence-corrected chi connectivity index (χ1v) is 8.41. The number of nitrogens with zero attached hydrogens (tertiary/aromatic N) is 1. The first-order chi connectivity index (χ1) is 12.1. The highest BCUT2D eigenvalue weighted by Crippen LogP contribution is 2.31. The summed E-state index contributed by atoms with van der Waals surface area (Å²) in [7, 11) is 0. The number of aromatic nitrogens is 1. The molecule has 0 fully saturated rings. The lowest BCUT2D eigenvalue weighted by atomic mass is 10.2. The fourth-order valence-corrected chi connectivity index (χ4v) is 2.62. The fraction of sp³-hybridized carbons (Fsp3) is 0.150. The van der Waals surface area contributed by atoms with Crippen molar-refractivity contribution in [2.75, 3.05) is 5.73 Å². The van der Waals surface area contributed by atoms with E-state index in [2.05, 4.69) is 4.98 Å². The molecular weight excluding hydrogens is 336 g/mol. The molecule has 3 rings (SSSR count). The zero-order valence-corrected chi connectivity index (χ0v) is 14.7. The van der Waals surface area contributed by atoms with Gasteiger partial charge in [-0.25, -0.2) is 4.98 Å². The number of halogens is 1. The number of anilines is 1. The predicted octanol–water partition coefficient (Wildman–Crippen LogP) is 5.25. The van der Waals surface area contributed by atoms with E-state index in [4.69, 9.17) is 26.8 Å². The third kappa shape index (κ3) is 4.64. The van der Waals surface area contributed by atoms with Gasteiger partial charge < -0.3 is 15.2 Å². The summed E-state index contributed by atoms with van der Waals surface area (Å²) in [6.07, 6.45) is 2.56. The van der Waals surface area contributed by atoms with E-state index in [-0.39, 0.29) is 0 Å². The number of benzene rings is 2. The van der Waals surface area contributed by atoms with Gasteiger partial charge in [0.25, 0.3) is 0 Å². The van der Waals surface area contributed by atoms with E-state index in [0.717, 1.165) is 17.5 Å². The number of hydrogen-bond donors (Lipinski definition) is 1. The Morgan fingerprint density at radius 2 is 1.88 bits per heavy atom. The van der Waals surface area contributed by atoms with Gasteiger partial charge in [0, 0.05) is 34.6 Å². The molecule has 0 aliphatic heterocycles. The van der Waals surface area contributed by atoms with Gasteiger partial charge in [0.1, 0.15) is 18.1 Å². The number of pyridine rings is 1. The summed E-state index contributed by atoms with van der Waals surface area (Å²) in [5.74, 6) is 1.77. The Hall–Kier alpha value is -2.72. The van der Waals surface area contributed by atoms with E-state index in [0.29, 0.717) is 34.7 Å². The van der Waals surface area contributed by atoms with Crippen molar-refractivity contribution in [3.8, 4) is 17.4 Å². The Labute approximate surface area is 152 Å². The van der Waals surface area contributed by atoms with Gasteiger partial charge in [0.05, 0.1) is 0 Å². The lowest BCUT2D eigenvalue weighted by Crippen LogP contribution is -1.99. The highest BCUT2D eigenvalue weighted by Gasteiger charge is 2.09. The predicted molar refractivity (Wildman–Crippen MR) is 100 cm³/mol. The van der Waals surface area contributed by atoms with Crippen LogP contribution >= 0.6 is 11.6 Å². The normalized spacial score (nSPS) is 10.5. The monoisotopic (exact) mass is 354 g/mol. The highest BCUT2D eigenvalue weighted by molar-refractivity contribution is 6.31. The summed E-state index contributed by atoms with van der Waals surface area (Å²) in [6, 6.07) is 16.9. The zero-order chi connectivity index (χ0) is 17.6. The molecule has 2 aromatic carbocycles. The Morgan fingerprint density at radius 1 is 1.08 bits per heavy atom. The standard InChI is InChI=1S/C20H19ClN2O2/c1-2-15-12-23-20(24-13-14-6-4-3-5-7-14)11-19(15)25-18-9-16(21)8-17(22)10-18/h3-12H,2,13,22H2,1H3. The van der Waals surface area contributed by atoms with Gasteiger partial charge in [-0.1, -0.05) is 48.9 Å². The molecule has 0 amide bonds. The summed E-state index contributed by atoms with van der Waals surface area (Å²) in [5, 5.41) is 0.530. The van der Waals surface area contributed by atoms with Crippen molar-refractivity contribution in [2.45, 2.75) is 20.0 Å². The van der Waals surface area contributed by atoms with Crippen molar-refractivity contribution < 1.29 is 9.47 Å². The van der Waals surface area contributed by atoms with Crippen molar-refractivity contribution in [1.29, 1.82) is 0 Å². The molecule has 0 spiro atoms. The first-order valence-electron chi connectivity index (χ1n) is 8.03. The number of rotatable bonds is 6. The third-order valence-electron chi connectivity index (χ3n) is 3.65. The van der Waals surface area contributed by atoms with Crippen molar-refractivity contribution in [1.82, 2.24) is 4.98 Å². The SMILES string of the molecule is CCc1cnc(OCc2ccccc2)cc1Oc1cc(N)cc(Cl)c1. The second-order valence-electron chi connectivity index (χ2n) is 5.58. The maximum atomic E-state index is 6.04.